The second kappa shape index (κ2) is 4.57. The number of anilines is 1. The van der Waals surface area contributed by atoms with E-state index in [0.717, 1.165) is 27.8 Å². The van der Waals surface area contributed by atoms with Crippen molar-refractivity contribution in [2.45, 2.75) is 0 Å². The van der Waals surface area contributed by atoms with E-state index in [4.69, 9.17) is 10.5 Å². The van der Waals surface area contributed by atoms with Crippen LogP contribution >= 0.6 is 0 Å². The SMILES string of the molecule is COc1cc[c]cc1-c1ccc2c(N)cnnc2c1. The van der Waals surface area contributed by atoms with Crippen LogP contribution in [-0.4, -0.2) is 17.3 Å². The minimum absolute atomic E-state index is 0.628. The molecular weight excluding hydrogens is 238 g/mol. The number of fused-ring (bicyclic) bond motifs is 1. The van der Waals surface area contributed by atoms with Crippen molar-refractivity contribution >= 4 is 16.6 Å². The van der Waals surface area contributed by atoms with Crippen LogP contribution in [0.25, 0.3) is 22.0 Å². The summed E-state index contributed by atoms with van der Waals surface area (Å²) in [5, 5.41) is 8.88. The molecule has 1 heterocycles. The molecule has 93 valence electrons. The molecule has 0 unspecified atom stereocenters. The predicted molar refractivity (Wildman–Crippen MR) is 74.8 cm³/mol. The second-order valence-electron chi connectivity index (χ2n) is 4.16. The van der Waals surface area contributed by atoms with Gasteiger partial charge in [0.2, 0.25) is 0 Å². The van der Waals surface area contributed by atoms with E-state index >= 15 is 0 Å². The summed E-state index contributed by atoms with van der Waals surface area (Å²) in [5.74, 6) is 0.801. The number of methoxy groups -OCH3 is 1. The van der Waals surface area contributed by atoms with Crippen molar-refractivity contribution in [3.05, 3.63) is 48.7 Å². The molecule has 4 heteroatoms. The van der Waals surface area contributed by atoms with Gasteiger partial charge in [-0.2, -0.15) is 10.2 Å². The Kier molecular flexibility index (Phi) is 2.76. The average molecular weight is 250 g/mol. The lowest BCUT2D eigenvalue weighted by Gasteiger charge is -2.09. The molecule has 0 atom stereocenters. The van der Waals surface area contributed by atoms with E-state index in [1.165, 1.54) is 0 Å². The van der Waals surface area contributed by atoms with Crippen molar-refractivity contribution in [2.24, 2.45) is 0 Å². The van der Waals surface area contributed by atoms with E-state index in [1.807, 2.05) is 36.4 Å². The zero-order valence-corrected chi connectivity index (χ0v) is 10.4. The second-order valence-corrected chi connectivity index (χ2v) is 4.16. The van der Waals surface area contributed by atoms with Crippen molar-refractivity contribution < 1.29 is 4.74 Å². The van der Waals surface area contributed by atoms with Gasteiger partial charge in [-0.15, -0.1) is 0 Å². The largest absolute Gasteiger partial charge is 0.496 e. The van der Waals surface area contributed by atoms with Crippen LogP contribution in [-0.2, 0) is 0 Å². The molecule has 4 nitrogen and oxygen atoms in total. The predicted octanol–water partition coefficient (Wildman–Crippen LogP) is 2.69. The van der Waals surface area contributed by atoms with Gasteiger partial charge in [-0.25, -0.2) is 0 Å². The highest BCUT2D eigenvalue weighted by molar-refractivity contribution is 5.92. The molecule has 0 saturated carbocycles. The maximum atomic E-state index is 5.87. The van der Waals surface area contributed by atoms with Crippen LogP contribution in [0.15, 0.2) is 42.6 Å². The Balaban J connectivity index is 2.21. The van der Waals surface area contributed by atoms with Gasteiger partial charge in [0, 0.05) is 10.9 Å². The fraction of sp³-hybridized carbons (Fsp3) is 0.0667. The molecule has 0 saturated heterocycles. The van der Waals surface area contributed by atoms with Crippen LogP contribution < -0.4 is 10.5 Å². The van der Waals surface area contributed by atoms with Crippen LogP contribution in [0.2, 0.25) is 0 Å². The summed E-state index contributed by atoms with van der Waals surface area (Å²) in [6, 6.07) is 14.5. The molecule has 3 aromatic rings. The van der Waals surface area contributed by atoms with E-state index in [2.05, 4.69) is 16.3 Å². The first-order valence-electron chi connectivity index (χ1n) is 5.85. The van der Waals surface area contributed by atoms with E-state index in [9.17, 15) is 0 Å². The molecular formula is C15H12N3O. The summed E-state index contributed by atoms with van der Waals surface area (Å²) in [7, 11) is 1.65. The van der Waals surface area contributed by atoms with E-state index in [-0.39, 0.29) is 0 Å². The quantitative estimate of drug-likeness (QED) is 0.759. The lowest BCUT2D eigenvalue weighted by atomic mass is 10.0. The van der Waals surface area contributed by atoms with Crippen LogP contribution in [0.3, 0.4) is 0 Å². The molecule has 2 aromatic carbocycles. The zero-order chi connectivity index (χ0) is 13.2. The topological polar surface area (TPSA) is 61.0 Å². The molecule has 0 fully saturated rings. The number of benzene rings is 2. The zero-order valence-electron chi connectivity index (χ0n) is 10.4. The van der Waals surface area contributed by atoms with E-state index in [1.54, 1.807) is 13.3 Å². The van der Waals surface area contributed by atoms with Crippen molar-refractivity contribution in [2.75, 3.05) is 12.8 Å². The maximum Gasteiger partial charge on any atom is 0.126 e. The lowest BCUT2D eigenvalue weighted by Crippen LogP contribution is -1.93. The first-order valence-corrected chi connectivity index (χ1v) is 5.85. The van der Waals surface area contributed by atoms with Crippen LogP contribution in [0.5, 0.6) is 5.75 Å². The minimum Gasteiger partial charge on any atom is -0.496 e. The van der Waals surface area contributed by atoms with Gasteiger partial charge in [0.25, 0.3) is 0 Å². The Morgan fingerprint density at radius 3 is 3.00 bits per heavy atom. The number of ether oxygens (including phenoxy) is 1. The summed E-state index contributed by atoms with van der Waals surface area (Å²) in [6.07, 6.45) is 1.55. The number of nitrogens with two attached hydrogens (primary N) is 1. The number of aromatic nitrogens is 2. The molecule has 0 spiro atoms. The number of nitrogens with zero attached hydrogens (tertiary/aromatic N) is 2. The third kappa shape index (κ3) is 1.97. The standard InChI is InChI=1S/C15H12N3O/c1-19-15-5-3-2-4-11(15)10-6-7-12-13(16)9-17-18-14(12)8-10/h3-9H,1H3,(H2,16,18). The van der Waals surface area contributed by atoms with Gasteiger partial charge < -0.3 is 10.5 Å². The van der Waals surface area contributed by atoms with Crippen molar-refractivity contribution in [3.63, 3.8) is 0 Å². The normalized spacial score (nSPS) is 10.6. The smallest absolute Gasteiger partial charge is 0.126 e. The number of hydrogen-bond donors (Lipinski definition) is 1. The molecule has 0 amide bonds. The fourth-order valence-electron chi connectivity index (χ4n) is 2.07. The third-order valence-corrected chi connectivity index (χ3v) is 3.03. The van der Waals surface area contributed by atoms with Crippen LogP contribution in [0.1, 0.15) is 0 Å². The van der Waals surface area contributed by atoms with Crippen molar-refractivity contribution in [1.29, 1.82) is 0 Å². The summed E-state index contributed by atoms with van der Waals surface area (Å²) in [6.45, 7) is 0. The summed E-state index contributed by atoms with van der Waals surface area (Å²) in [4.78, 5) is 0. The van der Waals surface area contributed by atoms with Crippen molar-refractivity contribution in [3.8, 4) is 16.9 Å². The Labute approximate surface area is 110 Å². The fourth-order valence-corrected chi connectivity index (χ4v) is 2.07. The van der Waals surface area contributed by atoms with Gasteiger partial charge in [0.1, 0.15) is 5.75 Å². The van der Waals surface area contributed by atoms with Gasteiger partial charge in [0.15, 0.2) is 0 Å². The average Bonchev–Trinajstić information content (AvgIpc) is 2.47. The molecule has 2 N–H and O–H groups in total. The van der Waals surface area contributed by atoms with Gasteiger partial charge in [-0.3, -0.25) is 0 Å². The number of hydrogen-bond acceptors (Lipinski definition) is 4. The van der Waals surface area contributed by atoms with Gasteiger partial charge >= 0.3 is 0 Å². The number of nitrogen functional groups attached to an aromatic ring is 1. The third-order valence-electron chi connectivity index (χ3n) is 3.03. The van der Waals surface area contributed by atoms with Crippen LogP contribution in [0, 0.1) is 6.07 Å². The Hall–Kier alpha value is -2.62. The van der Waals surface area contributed by atoms with Gasteiger partial charge in [0.05, 0.1) is 24.5 Å². The monoisotopic (exact) mass is 250 g/mol. The Morgan fingerprint density at radius 2 is 2.16 bits per heavy atom. The molecule has 0 bridgehead atoms. The molecule has 0 aliphatic rings. The number of rotatable bonds is 2. The van der Waals surface area contributed by atoms with Crippen molar-refractivity contribution in [1.82, 2.24) is 10.2 Å². The Bertz CT molecular complexity index is 740. The van der Waals surface area contributed by atoms with Crippen LogP contribution in [0.4, 0.5) is 5.69 Å². The van der Waals surface area contributed by atoms with Gasteiger partial charge in [-0.1, -0.05) is 12.1 Å². The molecule has 3 rings (SSSR count). The summed E-state index contributed by atoms with van der Waals surface area (Å²) < 4.78 is 5.35. The van der Waals surface area contributed by atoms with E-state index < -0.39 is 0 Å². The maximum absolute atomic E-state index is 5.87. The highest BCUT2D eigenvalue weighted by atomic mass is 16.5. The molecule has 1 radical (unpaired) electrons. The van der Waals surface area contributed by atoms with Gasteiger partial charge in [-0.05, 0) is 35.9 Å². The Morgan fingerprint density at radius 1 is 1.26 bits per heavy atom. The molecule has 0 aliphatic heterocycles. The highest BCUT2D eigenvalue weighted by Gasteiger charge is 2.07. The minimum atomic E-state index is 0.628. The molecule has 19 heavy (non-hydrogen) atoms. The first-order chi connectivity index (χ1) is 9.29. The molecule has 0 aliphatic carbocycles. The lowest BCUT2D eigenvalue weighted by molar-refractivity contribution is 0.416. The summed E-state index contributed by atoms with van der Waals surface area (Å²) in [5.41, 5.74) is 9.23. The summed E-state index contributed by atoms with van der Waals surface area (Å²) >= 11 is 0. The van der Waals surface area contributed by atoms with E-state index in [0.29, 0.717) is 5.69 Å². The first kappa shape index (κ1) is 11.5. The highest BCUT2D eigenvalue weighted by Crippen LogP contribution is 2.31. The molecule has 1 aromatic heterocycles.